The number of hydrogen-bond acceptors (Lipinski definition) is 6. The zero-order chi connectivity index (χ0) is 29.5. The summed E-state index contributed by atoms with van der Waals surface area (Å²) >= 11 is 0. The van der Waals surface area contributed by atoms with Gasteiger partial charge in [0.15, 0.2) is 0 Å². The van der Waals surface area contributed by atoms with Crippen LogP contribution < -0.4 is 10.6 Å². The second kappa shape index (κ2) is 12.9. The topological polar surface area (TPSA) is 81.9 Å². The number of hydrogen-bond donors (Lipinski definition) is 1. The normalized spacial score (nSPS) is 10.6. The highest BCUT2D eigenvalue weighted by Gasteiger charge is 2.19. The lowest BCUT2D eigenvalue weighted by molar-refractivity contribution is 0.0517. The number of nitrogen functional groups attached to an aromatic ring is 1. The average Bonchev–Trinajstić information content (AvgIpc) is 3.03. The molecule has 42 heavy (non-hydrogen) atoms. The number of rotatable bonds is 9. The largest absolute Gasteiger partial charge is 0.462 e. The Bertz CT molecular complexity index is 1640. The summed E-state index contributed by atoms with van der Waals surface area (Å²) in [5, 5.41) is 0. The highest BCUT2D eigenvalue weighted by Crippen LogP contribution is 2.41. The third-order valence-electron chi connectivity index (χ3n) is 6.80. The van der Waals surface area contributed by atoms with Crippen LogP contribution in [-0.2, 0) is 9.47 Å². The molecule has 0 aliphatic rings. The molecule has 0 fully saturated rings. The monoisotopic (exact) mass is 556 g/mol. The molecule has 0 unspecified atom stereocenters. The van der Waals surface area contributed by atoms with Crippen LogP contribution in [0, 0.1) is 0 Å². The molecule has 6 heteroatoms. The molecule has 0 bridgehead atoms. The van der Waals surface area contributed by atoms with Gasteiger partial charge in [0.05, 0.1) is 24.3 Å². The zero-order valence-electron chi connectivity index (χ0n) is 23.6. The Morgan fingerprint density at radius 1 is 0.571 bits per heavy atom. The van der Waals surface area contributed by atoms with Crippen molar-refractivity contribution in [3.63, 3.8) is 0 Å². The summed E-state index contributed by atoms with van der Waals surface area (Å²) in [7, 11) is 0. The second-order valence-corrected chi connectivity index (χ2v) is 9.59. The molecule has 0 aliphatic heterocycles. The lowest BCUT2D eigenvalue weighted by Crippen LogP contribution is -2.13. The molecule has 5 aromatic rings. The van der Waals surface area contributed by atoms with E-state index in [2.05, 4.69) is 24.3 Å². The van der Waals surface area contributed by atoms with Crippen LogP contribution >= 0.6 is 0 Å². The van der Waals surface area contributed by atoms with E-state index in [0.717, 1.165) is 39.3 Å². The van der Waals surface area contributed by atoms with Crippen molar-refractivity contribution in [1.82, 2.24) is 0 Å². The second-order valence-electron chi connectivity index (χ2n) is 9.59. The summed E-state index contributed by atoms with van der Waals surface area (Å²) in [6, 6.07) is 38.8. The predicted octanol–water partition coefficient (Wildman–Crippen LogP) is 8.43. The summed E-state index contributed by atoms with van der Waals surface area (Å²) in [5.41, 5.74) is 14.0. The molecule has 0 saturated heterocycles. The van der Waals surface area contributed by atoms with E-state index in [1.807, 2.05) is 77.7 Å². The van der Waals surface area contributed by atoms with Crippen molar-refractivity contribution in [2.75, 3.05) is 23.8 Å². The van der Waals surface area contributed by atoms with Gasteiger partial charge in [0.2, 0.25) is 0 Å². The maximum atomic E-state index is 12.7. The van der Waals surface area contributed by atoms with Crippen molar-refractivity contribution in [2.24, 2.45) is 0 Å². The highest BCUT2D eigenvalue weighted by molar-refractivity contribution is 5.95. The zero-order valence-corrected chi connectivity index (χ0v) is 23.6. The summed E-state index contributed by atoms with van der Waals surface area (Å²) in [4.78, 5) is 27.3. The molecular weight excluding hydrogens is 524 g/mol. The van der Waals surface area contributed by atoms with Crippen LogP contribution in [0.3, 0.4) is 0 Å². The van der Waals surface area contributed by atoms with E-state index < -0.39 is 11.9 Å². The Hall–Kier alpha value is -5.36. The van der Waals surface area contributed by atoms with Crippen molar-refractivity contribution < 1.29 is 19.1 Å². The van der Waals surface area contributed by atoms with Gasteiger partial charge in [-0.2, -0.15) is 0 Å². The Morgan fingerprint density at radius 2 is 1.10 bits per heavy atom. The number of nitrogens with two attached hydrogens (primary N) is 1. The number of esters is 2. The molecule has 0 aromatic heterocycles. The molecule has 6 nitrogen and oxygen atoms in total. The van der Waals surface area contributed by atoms with Crippen molar-refractivity contribution in [1.29, 1.82) is 0 Å². The molecule has 210 valence electrons. The number of ether oxygens (including phenoxy) is 2. The molecule has 0 saturated carbocycles. The molecule has 2 N–H and O–H groups in total. The number of carbonyl (C=O) groups is 2. The van der Waals surface area contributed by atoms with E-state index in [9.17, 15) is 9.59 Å². The first-order valence-corrected chi connectivity index (χ1v) is 13.9. The first kappa shape index (κ1) is 28.2. The minimum Gasteiger partial charge on any atom is -0.462 e. The van der Waals surface area contributed by atoms with E-state index in [4.69, 9.17) is 15.2 Å². The minimum atomic E-state index is -0.400. The van der Waals surface area contributed by atoms with Gasteiger partial charge in [0, 0.05) is 22.7 Å². The standard InChI is InChI=1S/C36H32N2O4/c1-3-41-35(39)27-12-8-14-30(22-27)38(31-15-9-13-28(23-31)36(40)42-4-2)32-20-21-33(26-16-18-29(37)19-17-26)34(24-32)25-10-6-5-7-11-25/h5-24H,3-4,37H2,1-2H3. The maximum absolute atomic E-state index is 12.7. The van der Waals surface area contributed by atoms with E-state index in [-0.39, 0.29) is 13.2 Å². The van der Waals surface area contributed by atoms with E-state index in [1.165, 1.54) is 0 Å². The van der Waals surface area contributed by atoms with E-state index in [1.54, 1.807) is 38.1 Å². The van der Waals surface area contributed by atoms with Crippen LogP contribution in [0.5, 0.6) is 0 Å². The van der Waals surface area contributed by atoms with Gasteiger partial charge in [-0.15, -0.1) is 0 Å². The fourth-order valence-corrected chi connectivity index (χ4v) is 4.86. The lowest BCUT2D eigenvalue weighted by atomic mass is 9.93. The molecule has 0 amide bonds. The summed E-state index contributed by atoms with van der Waals surface area (Å²) < 4.78 is 10.5. The van der Waals surface area contributed by atoms with Gasteiger partial charge in [0.25, 0.3) is 0 Å². The Balaban J connectivity index is 1.71. The highest BCUT2D eigenvalue weighted by atomic mass is 16.5. The van der Waals surface area contributed by atoms with Crippen LogP contribution in [0.15, 0.2) is 121 Å². The van der Waals surface area contributed by atoms with Gasteiger partial charge < -0.3 is 20.1 Å². The Kier molecular flexibility index (Phi) is 8.64. The molecule has 0 atom stereocenters. The van der Waals surface area contributed by atoms with Crippen LogP contribution in [0.25, 0.3) is 22.3 Å². The molecule has 0 spiro atoms. The summed E-state index contributed by atoms with van der Waals surface area (Å²) in [6.07, 6.45) is 0. The smallest absolute Gasteiger partial charge is 0.338 e. The summed E-state index contributed by atoms with van der Waals surface area (Å²) in [6.45, 7) is 4.12. The third kappa shape index (κ3) is 6.18. The molecule has 0 aliphatic carbocycles. The number of carbonyl (C=O) groups excluding carboxylic acids is 2. The maximum Gasteiger partial charge on any atom is 0.338 e. The van der Waals surface area contributed by atoms with Gasteiger partial charge >= 0.3 is 11.9 Å². The van der Waals surface area contributed by atoms with Gasteiger partial charge in [-0.1, -0.05) is 60.7 Å². The first-order chi connectivity index (χ1) is 20.5. The molecule has 0 heterocycles. The number of benzene rings is 5. The Labute approximate surface area is 245 Å². The predicted molar refractivity (Wildman–Crippen MR) is 168 cm³/mol. The van der Waals surface area contributed by atoms with E-state index >= 15 is 0 Å². The van der Waals surface area contributed by atoms with Crippen LogP contribution in [-0.4, -0.2) is 25.2 Å². The van der Waals surface area contributed by atoms with E-state index in [0.29, 0.717) is 16.8 Å². The molecule has 5 aromatic carbocycles. The van der Waals surface area contributed by atoms with Crippen molar-refractivity contribution in [3.05, 3.63) is 132 Å². The quantitative estimate of drug-likeness (QED) is 0.145. The van der Waals surface area contributed by atoms with Crippen molar-refractivity contribution in [2.45, 2.75) is 13.8 Å². The SMILES string of the molecule is CCOC(=O)c1cccc(N(c2cccc(C(=O)OCC)c2)c2ccc(-c3ccc(N)cc3)c(-c3ccccc3)c2)c1. The summed E-state index contributed by atoms with van der Waals surface area (Å²) in [5.74, 6) is -0.800. The van der Waals surface area contributed by atoms with Gasteiger partial charge in [-0.05, 0) is 96.8 Å². The van der Waals surface area contributed by atoms with Gasteiger partial charge in [-0.3, -0.25) is 0 Å². The van der Waals surface area contributed by atoms with Crippen molar-refractivity contribution in [3.8, 4) is 22.3 Å². The van der Waals surface area contributed by atoms with Crippen molar-refractivity contribution >= 4 is 34.7 Å². The van der Waals surface area contributed by atoms with Gasteiger partial charge in [-0.25, -0.2) is 9.59 Å². The first-order valence-electron chi connectivity index (χ1n) is 13.9. The molecular formula is C36H32N2O4. The fraction of sp³-hybridized carbons (Fsp3) is 0.111. The third-order valence-corrected chi connectivity index (χ3v) is 6.80. The molecule has 0 radical (unpaired) electrons. The average molecular weight is 557 g/mol. The minimum absolute atomic E-state index is 0.279. The number of anilines is 4. The Morgan fingerprint density at radius 3 is 1.64 bits per heavy atom. The number of nitrogens with zero attached hydrogens (tertiary/aromatic N) is 1. The van der Waals surface area contributed by atoms with Crippen LogP contribution in [0.4, 0.5) is 22.7 Å². The lowest BCUT2D eigenvalue weighted by Gasteiger charge is -2.27. The van der Waals surface area contributed by atoms with Crippen LogP contribution in [0.1, 0.15) is 34.6 Å². The van der Waals surface area contributed by atoms with Gasteiger partial charge in [0.1, 0.15) is 0 Å². The fourth-order valence-electron chi connectivity index (χ4n) is 4.86. The van der Waals surface area contributed by atoms with Crippen LogP contribution in [0.2, 0.25) is 0 Å². The molecule has 5 rings (SSSR count).